The van der Waals surface area contributed by atoms with Crippen molar-refractivity contribution in [2.24, 2.45) is 0 Å². The van der Waals surface area contributed by atoms with Crippen LogP contribution in [0.4, 0.5) is 13.2 Å². The predicted molar refractivity (Wildman–Crippen MR) is 79.7 cm³/mol. The second-order valence-corrected chi connectivity index (χ2v) is 5.22. The third-order valence-electron chi connectivity index (χ3n) is 3.31. The van der Waals surface area contributed by atoms with E-state index >= 15 is 0 Å². The monoisotopic (exact) mass is 337 g/mol. The molecule has 0 saturated carbocycles. The Bertz CT molecular complexity index is 764. The normalized spacial score (nSPS) is 11.8. The highest BCUT2D eigenvalue weighted by molar-refractivity contribution is 5.85. The van der Waals surface area contributed by atoms with Crippen LogP contribution in [0.1, 0.15) is 11.1 Å². The maximum absolute atomic E-state index is 13.1. The zero-order chi connectivity index (χ0) is 17.7. The molecule has 0 aliphatic carbocycles. The van der Waals surface area contributed by atoms with Gasteiger partial charge in [-0.1, -0.05) is 18.2 Å². The van der Waals surface area contributed by atoms with Crippen molar-refractivity contribution in [2.45, 2.75) is 18.9 Å². The molecule has 2 rings (SSSR count). The van der Waals surface area contributed by atoms with Crippen LogP contribution < -0.4 is 5.32 Å². The molecular weight excluding hydrogens is 323 g/mol. The van der Waals surface area contributed by atoms with Crippen molar-refractivity contribution in [3.05, 3.63) is 71.0 Å². The van der Waals surface area contributed by atoms with Crippen LogP contribution in [0.25, 0.3) is 0 Å². The molecule has 1 atom stereocenters. The maximum atomic E-state index is 13.1. The fourth-order valence-corrected chi connectivity index (χ4v) is 2.18. The highest BCUT2D eigenvalue weighted by Crippen LogP contribution is 2.10. The number of carboxylic acid groups (broad SMARTS) is 1. The first-order chi connectivity index (χ1) is 11.3. The molecule has 0 heterocycles. The summed E-state index contributed by atoms with van der Waals surface area (Å²) < 4.78 is 39.1. The fourth-order valence-electron chi connectivity index (χ4n) is 2.18. The Morgan fingerprint density at radius 2 is 1.75 bits per heavy atom. The predicted octanol–water partition coefficient (Wildman–Crippen LogP) is 2.46. The molecule has 2 N–H and O–H groups in total. The molecule has 0 fully saturated rings. The van der Waals surface area contributed by atoms with E-state index in [0.717, 1.165) is 12.1 Å². The van der Waals surface area contributed by atoms with Gasteiger partial charge in [0.2, 0.25) is 5.91 Å². The van der Waals surface area contributed by atoms with Crippen molar-refractivity contribution in [3.8, 4) is 0 Å². The SMILES string of the molecule is O=C(Cc1ccc(F)c(F)c1)N[C@@H](Cc1cccc(F)c1)C(=O)O. The van der Waals surface area contributed by atoms with E-state index in [-0.39, 0.29) is 18.4 Å². The lowest BCUT2D eigenvalue weighted by Gasteiger charge is -2.15. The fraction of sp³-hybridized carbons (Fsp3) is 0.176. The number of amides is 1. The van der Waals surface area contributed by atoms with Crippen molar-refractivity contribution < 1.29 is 27.9 Å². The Kier molecular flexibility index (Phi) is 5.57. The Morgan fingerprint density at radius 3 is 2.38 bits per heavy atom. The minimum Gasteiger partial charge on any atom is -0.480 e. The maximum Gasteiger partial charge on any atom is 0.326 e. The van der Waals surface area contributed by atoms with Crippen LogP contribution in [-0.2, 0) is 22.4 Å². The smallest absolute Gasteiger partial charge is 0.326 e. The summed E-state index contributed by atoms with van der Waals surface area (Å²) >= 11 is 0. The summed E-state index contributed by atoms with van der Waals surface area (Å²) in [7, 11) is 0. The average molecular weight is 337 g/mol. The molecular formula is C17H14F3NO3. The van der Waals surface area contributed by atoms with E-state index in [1.807, 2.05) is 0 Å². The first-order valence-corrected chi connectivity index (χ1v) is 7.05. The average Bonchev–Trinajstić information content (AvgIpc) is 2.50. The molecule has 0 aliphatic heterocycles. The molecule has 0 saturated heterocycles. The molecule has 4 nitrogen and oxygen atoms in total. The van der Waals surface area contributed by atoms with Crippen molar-refractivity contribution in [2.75, 3.05) is 0 Å². The van der Waals surface area contributed by atoms with Crippen molar-refractivity contribution >= 4 is 11.9 Å². The van der Waals surface area contributed by atoms with Crippen LogP contribution in [0.5, 0.6) is 0 Å². The summed E-state index contributed by atoms with van der Waals surface area (Å²) in [5, 5.41) is 11.5. The van der Waals surface area contributed by atoms with Crippen LogP contribution in [0.3, 0.4) is 0 Å². The number of rotatable bonds is 6. The van der Waals surface area contributed by atoms with E-state index in [1.54, 1.807) is 6.07 Å². The lowest BCUT2D eigenvalue weighted by atomic mass is 10.1. The number of hydrogen-bond acceptors (Lipinski definition) is 2. The number of carboxylic acids is 1. The quantitative estimate of drug-likeness (QED) is 0.851. The van der Waals surface area contributed by atoms with Crippen molar-refractivity contribution in [1.82, 2.24) is 5.32 Å². The molecule has 2 aromatic carbocycles. The van der Waals surface area contributed by atoms with E-state index in [4.69, 9.17) is 0 Å². The zero-order valence-corrected chi connectivity index (χ0v) is 12.4. The van der Waals surface area contributed by atoms with Gasteiger partial charge in [0.05, 0.1) is 6.42 Å². The van der Waals surface area contributed by atoms with Crippen molar-refractivity contribution in [3.63, 3.8) is 0 Å². The van der Waals surface area contributed by atoms with Gasteiger partial charge in [-0.2, -0.15) is 0 Å². The second-order valence-electron chi connectivity index (χ2n) is 5.22. The third kappa shape index (κ3) is 4.84. The molecule has 0 aromatic heterocycles. The van der Waals surface area contributed by atoms with Gasteiger partial charge < -0.3 is 10.4 Å². The Hall–Kier alpha value is -2.83. The summed E-state index contributed by atoms with van der Waals surface area (Å²) in [6.45, 7) is 0. The number of halogens is 3. The summed E-state index contributed by atoms with van der Waals surface area (Å²) in [5.41, 5.74) is 0.622. The molecule has 0 unspecified atom stereocenters. The van der Waals surface area contributed by atoms with Gasteiger partial charge in [-0.05, 0) is 35.4 Å². The Balaban J connectivity index is 2.02. The summed E-state index contributed by atoms with van der Waals surface area (Å²) in [6, 6.07) is 7.12. The van der Waals surface area contributed by atoms with Crippen LogP contribution in [0, 0.1) is 17.5 Å². The van der Waals surface area contributed by atoms with E-state index in [0.29, 0.717) is 5.56 Å². The van der Waals surface area contributed by atoms with Crippen LogP contribution in [0.15, 0.2) is 42.5 Å². The lowest BCUT2D eigenvalue weighted by molar-refractivity contribution is -0.141. The number of carbonyl (C=O) groups excluding carboxylic acids is 1. The minimum absolute atomic E-state index is 0.101. The molecule has 24 heavy (non-hydrogen) atoms. The highest BCUT2D eigenvalue weighted by atomic mass is 19.2. The molecule has 0 spiro atoms. The van der Waals surface area contributed by atoms with Gasteiger partial charge in [0.25, 0.3) is 0 Å². The van der Waals surface area contributed by atoms with E-state index in [1.165, 1.54) is 24.3 Å². The number of hydrogen-bond donors (Lipinski definition) is 2. The van der Waals surface area contributed by atoms with E-state index < -0.39 is 35.4 Å². The van der Waals surface area contributed by atoms with Crippen LogP contribution >= 0.6 is 0 Å². The first kappa shape index (κ1) is 17.5. The number of benzene rings is 2. The van der Waals surface area contributed by atoms with Crippen LogP contribution in [0.2, 0.25) is 0 Å². The van der Waals surface area contributed by atoms with Gasteiger partial charge in [-0.15, -0.1) is 0 Å². The highest BCUT2D eigenvalue weighted by Gasteiger charge is 2.21. The molecule has 1 amide bonds. The molecule has 0 bridgehead atoms. The van der Waals surface area contributed by atoms with E-state index in [2.05, 4.69) is 5.32 Å². The number of nitrogens with one attached hydrogen (secondary N) is 1. The Morgan fingerprint density at radius 1 is 1.00 bits per heavy atom. The van der Waals surface area contributed by atoms with E-state index in [9.17, 15) is 27.9 Å². The molecule has 126 valence electrons. The van der Waals surface area contributed by atoms with Gasteiger partial charge in [-0.25, -0.2) is 18.0 Å². The van der Waals surface area contributed by atoms with Gasteiger partial charge in [0.15, 0.2) is 11.6 Å². The van der Waals surface area contributed by atoms with Crippen LogP contribution in [-0.4, -0.2) is 23.0 Å². The topological polar surface area (TPSA) is 66.4 Å². The van der Waals surface area contributed by atoms with Gasteiger partial charge in [0, 0.05) is 6.42 Å². The second kappa shape index (κ2) is 7.63. The molecule has 2 aromatic rings. The first-order valence-electron chi connectivity index (χ1n) is 7.05. The molecule has 0 radical (unpaired) electrons. The molecule has 7 heteroatoms. The largest absolute Gasteiger partial charge is 0.480 e. The van der Waals surface area contributed by atoms with Gasteiger partial charge in [0.1, 0.15) is 11.9 Å². The Labute approximate surface area is 135 Å². The number of aliphatic carboxylic acids is 1. The third-order valence-corrected chi connectivity index (χ3v) is 3.31. The van der Waals surface area contributed by atoms with Crippen molar-refractivity contribution in [1.29, 1.82) is 0 Å². The standard InChI is InChI=1S/C17H14F3NO3/c18-12-3-1-2-10(6-12)8-15(17(23)24)21-16(22)9-11-4-5-13(19)14(20)7-11/h1-7,15H,8-9H2,(H,21,22)(H,23,24)/t15-/m0/s1. The zero-order valence-electron chi connectivity index (χ0n) is 12.4. The minimum atomic E-state index is -1.28. The summed E-state index contributed by atoms with van der Waals surface area (Å²) in [5.74, 6) is -4.57. The molecule has 0 aliphatic rings. The number of carbonyl (C=O) groups is 2. The van der Waals surface area contributed by atoms with Gasteiger partial charge in [-0.3, -0.25) is 4.79 Å². The van der Waals surface area contributed by atoms with Gasteiger partial charge >= 0.3 is 5.97 Å². The summed E-state index contributed by atoms with van der Waals surface area (Å²) in [6.07, 6.45) is -0.402. The summed E-state index contributed by atoms with van der Waals surface area (Å²) in [4.78, 5) is 23.2. The lowest BCUT2D eigenvalue weighted by Crippen LogP contribution is -2.43.